The quantitative estimate of drug-likeness (QED) is 0.617. The Morgan fingerprint density at radius 1 is 1.55 bits per heavy atom. The van der Waals surface area contributed by atoms with Crippen LogP contribution in [0.1, 0.15) is 10.4 Å². The molecule has 58 valence electrons. The minimum absolute atomic E-state index is 0.0735. The molecule has 0 bridgehead atoms. The van der Waals surface area contributed by atoms with Crippen LogP contribution in [0.2, 0.25) is 0 Å². The van der Waals surface area contributed by atoms with Gasteiger partial charge in [0.15, 0.2) is 12.0 Å². The van der Waals surface area contributed by atoms with Gasteiger partial charge in [0.2, 0.25) is 5.43 Å². The summed E-state index contributed by atoms with van der Waals surface area (Å²) in [5.74, 6) is 0.148. The van der Waals surface area contributed by atoms with E-state index in [1.807, 2.05) is 0 Å². The Labute approximate surface area is 62.8 Å². The number of carbonyl (C=O) groups is 1. The van der Waals surface area contributed by atoms with E-state index in [2.05, 4.69) is 9.72 Å². The van der Waals surface area contributed by atoms with E-state index in [0.717, 1.165) is 0 Å². The average molecular weight is 153 g/mol. The van der Waals surface area contributed by atoms with Crippen molar-refractivity contribution in [2.24, 2.45) is 0 Å². The van der Waals surface area contributed by atoms with Crippen LogP contribution in [-0.4, -0.2) is 18.4 Å². The summed E-state index contributed by atoms with van der Waals surface area (Å²) in [5, 5.41) is 0. The van der Waals surface area contributed by atoms with E-state index in [4.69, 9.17) is 0 Å². The van der Waals surface area contributed by atoms with Crippen LogP contribution >= 0.6 is 0 Å². The molecule has 0 atom stereocenters. The second kappa shape index (κ2) is 3.01. The summed E-state index contributed by atoms with van der Waals surface area (Å²) in [6, 6.07) is 0. The van der Waals surface area contributed by atoms with Gasteiger partial charge >= 0.3 is 0 Å². The smallest absolute Gasteiger partial charge is 0.233 e. The lowest BCUT2D eigenvalue weighted by Gasteiger charge is -1.96. The van der Waals surface area contributed by atoms with Crippen LogP contribution < -0.4 is 10.2 Å². The highest BCUT2D eigenvalue weighted by Gasteiger charge is 2.02. The minimum atomic E-state index is -0.388. The maximum Gasteiger partial charge on any atom is 0.233 e. The zero-order valence-corrected chi connectivity index (χ0v) is 5.96. The van der Waals surface area contributed by atoms with Gasteiger partial charge in [-0.2, -0.15) is 0 Å². The van der Waals surface area contributed by atoms with Crippen LogP contribution in [0.5, 0.6) is 5.75 Å². The third kappa shape index (κ3) is 1.29. The van der Waals surface area contributed by atoms with E-state index in [1.54, 1.807) is 0 Å². The van der Waals surface area contributed by atoms with Crippen molar-refractivity contribution >= 4 is 6.29 Å². The van der Waals surface area contributed by atoms with E-state index in [9.17, 15) is 9.59 Å². The number of ether oxygens (including phenoxy) is 1. The molecule has 0 unspecified atom stereocenters. The number of pyridine rings is 1. The number of nitrogens with one attached hydrogen (secondary N) is 1. The summed E-state index contributed by atoms with van der Waals surface area (Å²) in [6.07, 6.45) is 3.22. The second-order valence-corrected chi connectivity index (χ2v) is 1.93. The molecule has 1 aromatic heterocycles. The normalized spacial score (nSPS) is 9.18. The SMILES string of the molecule is COc1c[nH]cc(C=O)c1=O. The average Bonchev–Trinajstić information content (AvgIpc) is 2.05. The number of aromatic amines is 1. The van der Waals surface area contributed by atoms with Crippen molar-refractivity contribution in [1.82, 2.24) is 4.98 Å². The number of aldehydes is 1. The number of rotatable bonds is 2. The lowest BCUT2D eigenvalue weighted by atomic mass is 10.3. The molecule has 0 aliphatic rings. The van der Waals surface area contributed by atoms with Crippen LogP contribution in [0.4, 0.5) is 0 Å². The molecule has 0 aliphatic carbocycles. The Kier molecular flexibility index (Phi) is 2.06. The van der Waals surface area contributed by atoms with E-state index in [-0.39, 0.29) is 16.7 Å². The molecule has 1 rings (SSSR count). The molecule has 0 spiro atoms. The Morgan fingerprint density at radius 3 is 2.82 bits per heavy atom. The number of hydrogen-bond donors (Lipinski definition) is 1. The van der Waals surface area contributed by atoms with Crippen LogP contribution in [0.3, 0.4) is 0 Å². The molecule has 1 aromatic rings. The van der Waals surface area contributed by atoms with Crippen LogP contribution in [0.15, 0.2) is 17.2 Å². The van der Waals surface area contributed by atoms with Gasteiger partial charge in [-0.1, -0.05) is 0 Å². The molecule has 0 amide bonds. The fourth-order valence-corrected chi connectivity index (χ4v) is 0.720. The third-order valence-corrected chi connectivity index (χ3v) is 1.29. The Morgan fingerprint density at radius 2 is 2.27 bits per heavy atom. The maximum absolute atomic E-state index is 11.1. The molecule has 0 aliphatic heterocycles. The molecule has 1 N–H and O–H groups in total. The van der Waals surface area contributed by atoms with Gasteiger partial charge in [0.1, 0.15) is 0 Å². The van der Waals surface area contributed by atoms with Crippen molar-refractivity contribution in [1.29, 1.82) is 0 Å². The minimum Gasteiger partial charge on any atom is -0.491 e. The number of methoxy groups -OCH3 is 1. The number of carbonyl (C=O) groups excluding carboxylic acids is 1. The molecule has 11 heavy (non-hydrogen) atoms. The van der Waals surface area contributed by atoms with E-state index in [1.165, 1.54) is 19.5 Å². The topological polar surface area (TPSA) is 59.2 Å². The summed E-state index contributed by atoms with van der Waals surface area (Å²) >= 11 is 0. The van der Waals surface area contributed by atoms with E-state index >= 15 is 0 Å². The summed E-state index contributed by atoms with van der Waals surface area (Å²) in [5.41, 5.74) is -0.314. The van der Waals surface area contributed by atoms with Crippen molar-refractivity contribution in [2.75, 3.05) is 7.11 Å². The van der Waals surface area contributed by atoms with Crippen LogP contribution in [-0.2, 0) is 0 Å². The Hall–Kier alpha value is -1.58. The third-order valence-electron chi connectivity index (χ3n) is 1.29. The van der Waals surface area contributed by atoms with Crippen LogP contribution in [0, 0.1) is 0 Å². The van der Waals surface area contributed by atoms with Gasteiger partial charge in [0.05, 0.1) is 12.7 Å². The van der Waals surface area contributed by atoms with Gasteiger partial charge in [0.25, 0.3) is 0 Å². The van der Waals surface area contributed by atoms with Gasteiger partial charge in [-0.3, -0.25) is 9.59 Å². The van der Waals surface area contributed by atoms with Gasteiger partial charge in [-0.15, -0.1) is 0 Å². The number of H-pyrrole nitrogens is 1. The van der Waals surface area contributed by atoms with Crippen LogP contribution in [0.25, 0.3) is 0 Å². The van der Waals surface area contributed by atoms with Crippen molar-refractivity contribution in [3.8, 4) is 5.75 Å². The summed E-state index contributed by atoms with van der Waals surface area (Å²) < 4.78 is 4.68. The van der Waals surface area contributed by atoms with E-state index < -0.39 is 0 Å². The van der Waals surface area contributed by atoms with Crippen molar-refractivity contribution in [3.05, 3.63) is 28.2 Å². The highest BCUT2D eigenvalue weighted by atomic mass is 16.5. The molecular formula is C7H7NO3. The van der Waals surface area contributed by atoms with Crippen molar-refractivity contribution in [3.63, 3.8) is 0 Å². The fourth-order valence-electron chi connectivity index (χ4n) is 0.720. The molecule has 1 heterocycles. The highest BCUT2D eigenvalue weighted by Crippen LogP contribution is 1.98. The molecule has 0 radical (unpaired) electrons. The largest absolute Gasteiger partial charge is 0.491 e. The molecule has 4 heteroatoms. The van der Waals surface area contributed by atoms with E-state index in [0.29, 0.717) is 6.29 Å². The molecule has 0 fully saturated rings. The summed E-state index contributed by atoms with van der Waals surface area (Å²) in [4.78, 5) is 23.9. The standard InChI is InChI=1S/C7H7NO3/c1-11-6-3-8-2-5(4-9)7(6)10/h2-4H,1H3,(H,8,10). The summed E-state index contributed by atoms with van der Waals surface area (Å²) in [6.45, 7) is 0. The predicted octanol–water partition coefficient (Wildman–Crippen LogP) is 0.196. The molecule has 0 saturated heterocycles. The monoisotopic (exact) mass is 153 g/mol. The molecule has 4 nitrogen and oxygen atoms in total. The van der Waals surface area contributed by atoms with Crippen molar-refractivity contribution in [2.45, 2.75) is 0 Å². The Bertz CT molecular complexity index is 316. The maximum atomic E-state index is 11.1. The predicted molar refractivity (Wildman–Crippen MR) is 39.0 cm³/mol. The number of aromatic nitrogens is 1. The van der Waals surface area contributed by atoms with Gasteiger partial charge in [-0.25, -0.2) is 0 Å². The molecular weight excluding hydrogens is 146 g/mol. The summed E-state index contributed by atoms with van der Waals surface area (Å²) in [7, 11) is 1.37. The first-order chi connectivity index (χ1) is 5.29. The first-order valence-corrected chi connectivity index (χ1v) is 3.00. The fraction of sp³-hybridized carbons (Fsp3) is 0.143. The zero-order chi connectivity index (χ0) is 8.27. The van der Waals surface area contributed by atoms with Gasteiger partial charge < -0.3 is 9.72 Å². The Balaban J connectivity index is 3.32. The van der Waals surface area contributed by atoms with Crippen molar-refractivity contribution < 1.29 is 9.53 Å². The second-order valence-electron chi connectivity index (χ2n) is 1.93. The zero-order valence-electron chi connectivity index (χ0n) is 5.96. The van der Waals surface area contributed by atoms with Gasteiger partial charge in [0, 0.05) is 12.4 Å². The first kappa shape index (κ1) is 7.53. The lowest BCUT2D eigenvalue weighted by Crippen LogP contribution is -2.10. The lowest BCUT2D eigenvalue weighted by molar-refractivity contribution is 0.112. The first-order valence-electron chi connectivity index (χ1n) is 3.00. The van der Waals surface area contributed by atoms with Gasteiger partial charge in [-0.05, 0) is 0 Å². The molecule has 0 saturated carbocycles. The highest BCUT2D eigenvalue weighted by molar-refractivity contribution is 5.74. The number of hydrogen-bond acceptors (Lipinski definition) is 3. The molecule has 0 aromatic carbocycles.